The molecule has 0 aliphatic carbocycles. The third kappa shape index (κ3) is 5.26. The average molecular weight is 220 g/mol. The van der Waals surface area contributed by atoms with Crippen molar-refractivity contribution in [2.45, 2.75) is 52.0 Å². The van der Waals surface area contributed by atoms with Crippen molar-refractivity contribution in [2.24, 2.45) is 0 Å². The lowest BCUT2D eigenvalue weighted by atomic mass is 10.1. The van der Waals surface area contributed by atoms with E-state index in [1.54, 1.807) is 0 Å². The van der Waals surface area contributed by atoms with Crippen LogP contribution < -0.4 is 5.32 Å². The third-order valence-electron chi connectivity index (χ3n) is 2.86. The summed E-state index contributed by atoms with van der Waals surface area (Å²) in [4.78, 5) is 4.34. The van der Waals surface area contributed by atoms with Crippen LogP contribution in [0.2, 0.25) is 0 Å². The van der Waals surface area contributed by atoms with E-state index in [4.69, 9.17) is 0 Å². The second-order valence-electron chi connectivity index (χ2n) is 4.34. The smallest absolute Gasteiger partial charge is 0.0570 e. The van der Waals surface area contributed by atoms with Crippen molar-refractivity contribution in [1.82, 2.24) is 10.3 Å². The van der Waals surface area contributed by atoms with Crippen molar-refractivity contribution in [3.63, 3.8) is 0 Å². The van der Waals surface area contributed by atoms with Gasteiger partial charge in [-0.25, -0.2) is 0 Å². The number of pyridine rings is 1. The van der Waals surface area contributed by atoms with Crippen LogP contribution in [-0.2, 0) is 0 Å². The molecule has 16 heavy (non-hydrogen) atoms. The van der Waals surface area contributed by atoms with Crippen LogP contribution in [-0.4, -0.2) is 11.5 Å². The Morgan fingerprint density at radius 3 is 2.69 bits per heavy atom. The summed E-state index contributed by atoms with van der Waals surface area (Å²) in [5.74, 6) is 0. The van der Waals surface area contributed by atoms with Gasteiger partial charge in [0.05, 0.1) is 5.69 Å². The van der Waals surface area contributed by atoms with E-state index >= 15 is 0 Å². The molecule has 0 aliphatic heterocycles. The molecular formula is C14H24N2. The van der Waals surface area contributed by atoms with Gasteiger partial charge in [-0.2, -0.15) is 0 Å². The number of aromatic nitrogens is 1. The molecule has 0 amide bonds. The molecule has 1 atom stereocenters. The van der Waals surface area contributed by atoms with Gasteiger partial charge in [0.1, 0.15) is 0 Å². The van der Waals surface area contributed by atoms with E-state index in [-0.39, 0.29) is 0 Å². The fourth-order valence-electron chi connectivity index (χ4n) is 1.78. The Bertz CT molecular complexity index is 259. The molecule has 0 unspecified atom stereocenters. The van der Waals surface area contributed by atoms with Gasteiger partial charge in [0.25, 0.3) is 0 Å². The summed E-state index contributed by atoms with van der Waals surface area (Å²) >= 11 is 0. The lowest BCUT2D eigenvalue weighted by Gasteiger charge is -2.12. The molecule has 1 aromatic heterocycles. The van der Waals surface area contributed by atoms with E-state index in [1.165, 1.54) is 32.1 Å². The molecule has 90 valence electrons. The van der Waals surface area contributed by atoms with Crippen LogP contribution in [0.15, 0.2) is 24.4 Å². The van der Waals surface area contributed by atoms with Crippen molar-refractivity contribution >= 4 is 0 Å². The van der Waals surface area contributed by atoms with Crippen LogP contribution in [0.1, 0.15) is 57.7 Å². The first kappa shape index (κ1) is 13.2. The van der Waals surface area contributed by atoms with E-state index in [0.29, 0.717) is 6.04 Å². The number of nitrogens with one attached hydrogen (secondary N) is 1. The largest absolute Gasteiger partial charge is 0.309 e. The van der Waals surface area contributed by atoms with Crippen molar-refractivity contribution in [1.29, 1.82) is 0 Å². The lowest BCUT2D eigenvalue weighted by molar-refractivity contribution is 0.523. The van der Waals surface area contributed by atoms with Crippen molar-refractivity contribution in [2.75, 3.05) is 6.54 Å². The van der Waals surface area contributed by atoms with Gasteiger partial charge in [0, 0.05) is 12.2 Å². The molecule has 1 aromatic rings. The fraction of sp³-hybridized carbons (Fsp3) is 0.643. The zero-order chi connectivity index (χ0) is 11.6. The summed E-state index contributed by atoms with van der Waals surface area (Å²) in [7, 11) is 0. The van der Waals surface area contributed by atoms with Gasteiger partial charge >= 0.3 is 0 Å². The first-order valence-corrected chi connectivity index (χ1v) is 6.49. The van der Waals surface area contributed by atoms with Gasteiger partial charge < -0.3 is 5.32 Å². The molecule has 0 aliphatic rings. The minimum atomic E-state index is 0.368. The van der Waals surface area contributed by atoms with E-state index in [9.17, 15) is 0 Å². The average Bonchev–Trinajstić information content (AvgIpc) is 2.34. The Labute approximate surface area is 99.5 Å². The Kier molecular flexibility index (Phi) is 6.82. The maximum atomic E-state index is 4.34. The molecule has 1 rings (SSSR count). The summed E-state index contributed by atoms with van der Waals surface area (Å²) in [5, 5.41) is 3.51. The summed E-state index contributed by atoms with van der Waals surface area (Å²) < 4.78 is 0. The summed E-state index contributed by atoms with van der Waals surface area (Å²) in [6, 6.07) is 6.45. The van der Waals surface area contributed by atoms with Crippen LogP contribution in [0.5, 0.6) is 0 Å². The molecule has 1 N–H and O–H groups in total. The summed E-state index contributed by atoms with van der Waals surface area (Å²) in [5.41, 5.74) is 1.14. The highest BCUT2D eigenvalue weighted by molar-refractivity contribution is 5.07. The van der Waals surface area contributed by atoms with Crippen LogP contribution in [0.25, 0.3) is 0 Å². The van der Waals surface area contributed by atoms with Gasteiger partial charge in [0.2, 0.25) is 0 Å². The summed E-state index contributed by atoms with van der Waals surface area (Å²) in [6.45, 7) is 5.53. The first-order valence-electron chi connectivity index (χ1n) is 6.49. The predicted molar refractivity (Wildman–Crippen MR) is 69.4 cm³/mol. The Morgan fingerprint density at radius 2 is 2.00 bits per heavy atom. The fourth-order valence-corrected chi connectivity index (χ4v) is 1.78. The van der Waals surface area contributed by atoms with E-state index in [2.05, 4.69) is 30.2 Å². The SMILES string of the molecule is CCCCCCCN[C@H](C)c1ccccn1. The lowest BCUT2D eigenvalue weighted by Crippen LogP contribution is -2.20. The molecule has 0 aromatic carbocycles. The van der Waals surface area contributed by atoms with Crippen LogP contribution in [0.4, 0.5) is 0 Å². The highest BCUT2D eigenvalue weighted by Gasteiger charge is 2.03. The van der Waals surface area contributed by atoms with Crippen molar-refractivity contribution in [3.05, 3.63) is 30.1 Å². The molecule has 0 saturated heterocycles. The third-order valence-corrected chi connectivity index (χ3v) is 2.86. The highest BCUT2D eigenvalue weighted by atomic mass is 14.9. The normalized spacial score (nSPS) is 12.6. The van der Waals surface area contributed by atoms with Gasteiger partial charge in [0.15, 0.2) is 0 Å². The highest BCUT2D eigenvalue weighted by Crippen LogP contribution is 2.08. The number of unbranched alkanes of at least 4 members (excludes halogenated alkanes) is 4. The second kappa shape index (κ2) is 8.28. The molecule has 0 bridgehead atoms. The molecule has 2 heteroatoms. The van der Waals surface area contributed by atoms with E-state index in [1.807, 2.05) is 18.3 Å². The van der Waals surface area contributed by atoms with Crippen molar-refractivity contribution in [3.8, 4) is 0 Å². The van der Waals surface area contributed by atoms with Gasteiger partial charge in [-0.1, -0.05) is 38.7 Å². The van der Waals surface area contributed by atoms with Gasteiger partial charge in [-0.15, -0.1) is 0 Å². The predicted octanol–water partition coefficient (Wildman–Crippen LogP) is 3.70. The zero-order valence-corrected chi connectivity index (χ0v) is 10.6. The molecule has 0 saturated carbocycles. The minimum absolute atomic E-state index is 0.368. The topological polar surface area (TPSA) is 24.9 Å². The van der Waals surface area contributed by atoms with Gasteiger partial charge in [-0.05, 0) is 32.0 Å². The maximum Gasteiger partial charge on any atom is 0.0570 e. The van der Waals surface area contributed by atoms with E-state index in [0.717, 1.165) is 12.2 Å². The number of hydrogen-bond donors (Lipinski definition) is 1. The molecule has 0 fully saturated rings. The van der Waals surface area contributed by atoms with Crippen LogP contribution >= 0.6 is 0 Å². The number of nitrogens with zero attached hydrogens (tertiary/aromatic N) is 1. The maximum absolute atomic E-state index is 4.34. The monoisotopic (exact) mass is 220 g/mol. The van der Waals surface area contributed by atoms with Crippen LogP contribution in [0, 0.1) is 0 Å². The zero-order valence-electron chi connectivity index (χ0n) is 10.6. The number of rotatable bonds is 8. The Morgan fingerprint density at radius 1 is 1.19 bits per heavy atom. The molecule has 1 heterocycles. The Hall–Kier alpha value is -0.890. The van der Waals surface area contributed by atoms with Gasteiger partial charge in [-0.3, -0.25) is 4.98 Å². The Balaban J connectivity index is 2.09. The molecule has 0 spiro atoms. The molecule has 2 nitrogen and oxygen atoms in total. The first-order chi connectivity index (χ1) is 7.84. The molecule has 0 radical (unpaired) electrons. The quantitative estimate of drug-likeness (QED) is 0.676. The van der Waals surface area contributed by atoms with E-state index < -0.39 is 0 Å². The summed E-state index contributed by atoms with van der Waals surface area (Å²) in [6.07, 6.45) is 8.53. The second-order valence-corrected chi connectivity index (χ2v) is 4.34. The minimum Gasteiger partial charge on any atom is -0.309 e. The molecular weight excluding hydrogens is 196 g/mol. The van der Waals surface area contributed by atoms with Crippen molar-refractivity contribution < 1.29 is 0 Å². The van der Waals surface area contributed by atoms with Crippen LogP contribution in [0.3, 0.4) is 0 Å². The number of hydrogen-bond acceptors (Lipinski definition) is 2. The standard InChI is InChI=1S/C14H24N2/c1-3-4-5-6-8-11-15-13(2)14-10-7-9-12-16-14/h7,9-10,12-13,15H,3-6,8,11H2,1-2H3/t13-/m1/s1.